The Morgan fingerprint density at radius 3 is 0.667 bits per heavy atom. The summed E-state index contributed by atoms with van der Waals surface area (Å²) in [6.45, 7) is 7.35. The van der Waals surface area contributed by atoms with Crippen LogP contribution in [0.3, 0.4) is 0 Å². The molecule has 606 valence electrons. The predicted molar refractivity (Wildman–Crippen MR) is 418 cm³/mol. The molecule has 19 heteroatoms. The first-order valence-corrected chi connectivity index (χ1v) is 46.1. The number of carbonyl (C=O) groups excluding carboxylic acids is 4. The molecule has 0 radical (unpaired) electrons. The zero-order valence-corrected chi connectivity index (χ0v) is 68.5. The Morgan fingerprint density at radius 1 is 0.265 bits per heavy atom. The second-order valence-corrected chi connectivity index (χ2v) is 33.3. The Bertz CT molecular complexity index is 1940. The van der Waals surface area contributed by atoms with E-state index >= 15 is 0 Å². The fourth-order valence-corrected chi connectivity index (χ4v) is 14.5. The van der Waals surface area contributed by atoms with Crippen LogP contribution in [0.25, 0.3) is 0 Å². The van der Waals surface area contributed by atoms with Crippen LogP contribution in [0, 0.1) is 5.92 Å². The average molecular weight is 1490 g/mol. The van der Waals surface area contributed by atoms with Gasteiger partial charge in [-0.1, -0.05) is 394 Å². The fraction of sp³-hybridized carbons (Fsp3) is 0.952. The molecule has 0 aliphatic heterocycles. The molecule has 0 aliphatic carbocycles. The number of esters is 4. The lowest BCUT2D eigenvalue weighted by Gasteiger charge is -2.21. The van der Waals surface area contributed by atoms with Crippen molar-refractivity contribution in [2.75, 3.05) is 39.6 Å². The Hall–Kier alpha value is -1.94. The Labute approximate surface area is 626 Å². The van der Waals surface area contributed by atoms with Gasteiger partial charge in [0.25, 0.3) is 0 Å². The number of ether oxygens (including phenoxy) is 4. The van der Waals surface area contributed by atoms with Crippen LogP contribution in [0.2, 0.25) is 0 Å². The van der Waals surface area contributed by atoms with E-state index in [1.54, 1.807) is 0 Å². The maximum Gasteiger partial charge on any atom is 0.472 e. The van der Waals surface area contributed by atoms with Gasteiger partial charge in [-0.3, -0.25) is 37.3 Å². The maximum atomic E-state index is 13.1. The van der Waals surface area contributed by atoms with Gasteiger partial charge in [0.2, 0.25) is 0 Å². The number of hydrogen-bond donors (Lipinski definition) is 3. The Balaban J connectivity index is 5.18. The molecule has 0 amide bonds. The number of phosphoric ester groups is 2. The van der Waals surface area contributed by atoms with Crippen molar-refractivity contribution in [3.63, 3.8) is 0 Å². The van der Waals surface area contributed by atoms with Gasteiger partial charge in [-0.2, -0.15) is 0 Å². The number of carbonyl (C=O) groups is 4. The molecule has 5 atom stereocenters. The number of hydrogen-bond acceptors (Lipinski definition) is 15. The molecular weight excluding hydrogens is 1330 g/mol. The summed E-state index contributed by atoms with van der Waals surface area (Å²) >= 11 is 0. The predicted octanol–water partition coefficient (Wildman–Crippen LogP) is 25.2. The second kappa shape index (κ2) is 75.9. The smallest absolute Gasteiger partial charge is 0.462 e. The van der Waals surface area contributed by atoms with Gasteiger partial charge >= 0.3 is 39.5 Å². The Morgan fingerprint density at radius 2 is 0.451 bits per heavy atom. The van der Waals surface area contributed by atoms with Crippen molar-refractivity contribution < 1.29 is 80.2 Å². The summed E-state index contributed by atoms with van der Waals surface area (Å²) in [6, 6.07) is 0. The van der Waals surface area contributed by atoms with E-state index in [0.29, 0.717) is 25.7 Å². The fourth-order valence-electron chi connectivity index (χ4n) is 12.9. The van der Waals surface area contributed by atoms with Gasteiger partial charge in [0.15, 0.2) is 12.2 Å². The molecule has 0 fully saturated rings. The van der Waals surface area contributed by atoms with Crippen molar-refractivity contribution in [2.45, 2.75) is 464 Å². The lowest BCUT2D eigenvalue weighted by molar-refractivity contribution is -0.161. The van der Waals surface area contributed by atoms with E-state index in [0.717, 1.165) is 95.8 Å². The standard InChI is InChI=1S/C83H162O17P2/c1-6-9-12-15-18-21-23-25-26-27-28-29-30-31-32-37-40-44-49-54-59-64-69-83(88)100-79(73-94-81(86)67-62-57-52-47-43-39-36-34-33-35-38-41-46-50-55-60-65-76(4)5)75-98-102(91,92)96-71-77(84)70-95-101(89,90)97-74-78(72-93-80(85)66-61-56-51-45-20-17-14-11-8-3)99-82(87)68-63-58-53-48-42-24-22-19-16-13-10-7-2/h76-79,84H,6-75H2,1-5H3,(H,89,90)(H,91,92)/t77-,78+,79+/m0/s1. The van der Waals surface area contributed by atoms with Crippen molar-refractivity contribution in [2.24, 2.45) is 5.92 Å². The third-order valence-electron chi connectivity index (χ3n) is 19.5. The lowest BCUT2D eigenvalue weighted by Crippen LogP contribution is -2.30. The van der Waals surface area contributed by atoms with E-state index in [9.17, 15) is 43.2 Å². The molecule has 0 rings (SSSR count). The van der Waals surface area contributed by atoms with Gasteiger partial charge in [0.05, 0.1) is 26.4 Å². The second-order valence-electron chi connectivity index (χ2n) is 30.3. The van der Waals surface area contributed by atoms with Crippen molar-refractivity contribution in [1.29, 1.82) is 0 Å². The van der Waals surface area contributed by atoms with E-state index in [1.807, 2.05) is 0 Å². The number of phosphoric acid groups is 2. The molecule has 0 aliphatic rings. The first kappa shape index (κ1) is 100. The molecule has 0 bridgehead atoms. The molecule has 0 spiro atoms. The topological polar surface area (TPSA) is 237 Å². The van der Waals surface area contributed by atoms with Crippen molar-refractivity contribution in [1.82, 2.24) is 0 Å². The van der Waals surface area contributed by atoms with Gasteiger partial charge in [-0.15, -0.1) is 0 Å². The summed E-state index contributed by atoms with van der Waals surface area (Å²) in [5, 5.41) is 10.6. The van der Waals surface area contributed by atoms with E-state index in [2.05, 4.69) is 34.6 Å². The summed E-state index contributed by atoms with van der Waals surface area (Å²) in [7, 11) is -9.92. The van der Waals surface area contributed by atoms with Crippen molar-refractivity contribution >= 4 is 39.5 Å². The van der Waals surface area contributed by atoms with Gasteiger partial charge in [0, 0.05) is 25.7 Å². The quantitative estimate of drug-likeness (QED) is 0.0222. The van der Waals surface area contributed by atoms with E-state index in [-0.39, 0.29) is 25.7 Å². The van der Waals surface area contributed by atoms with Gasteiger partial charge in [-0.25, -0.2) is 9.13 Å². The van der Waals surface area contributed by atoms with Crippen LogP contribution in [0.15, 0.2) is 0 Å². The summed E-state index contributed by atoms with van der Waals surface area (Å²) in [4.78, 5) is 73.0. The molecule has 0 saturated carbocycles. The first-order valence-electron chi connectivity index (χ1n) is 43.1. The number of aliphatic hydroxyl groups excluding tert-OH is 1. The lowest BCUT2D eigenvalue weighted by atomic mass is 10.0. The van der Waals surface area contributed by atoms with Crippen molar-refractivity contribution in [3.05, 3.63) is 0 Å². The molecule has 102 heavy (non-hydrogen) atoms. The maximum absolute atomic E-state index is 13.1. The van der Waals surface area contributed by atoms with E-state index < -0.39 is 97.5 Å². The zero-order chi connectivity index (χ0) is 74.8. The van der Waals surface area contributed by atoms with Crippen molar-refractivity contribution in [3.8, 4) is 0 Å². The van der Waals surface area contributed by atoms with Gasteiger partial charge < -0.3 is 33.8 Å². The molecule has 0 aromatic carbocycles. The highest BCUT2D eigenvalue weighted by atomic mass is 31.2. The van der Waals surface area contributed by atoms with Gasteiger partial charge in [-0.05, 0) is 31.6 Å². The molecule has 0 heterocycles. The number of aliphatic hydroxyl groups is 1. The average Bonchev–Trinajstić information content (AvgIpc) is 0.913. The van der Waals surface area contributed by atoms with E-state index in [4.69, 9.17) is 37.0 Å². The number of unbranched alkanes of at least 4 members (excludes halogenated alkanes) is 55. The molecule has 0 aromatic rings. The normalized spacial score (nSPS) is 13.8. The van der Waals surface area contributed by atoms with Crippen LogP contribution >= 0.6 is 15.6 Å². The highest BCUT2D eigenvalue weighted by Gasteiger charge is 2.30. The highest BCUT2D eigenvalue weighted by Crippen LogP contribution is 2.45. The molecule has 17 nitrogen and oxygen atoms in total. The zero-order valence-electron chi connectivity index (χ0n) is 66.8. The van der Waals surface area contributed by atoms with Crippen LogP contribution in [0.4, 0.5) is 0 Å². The molecule has 3 N–H and O–H groups in total. The minimum Gasteiger partial charge on any atom is -0.462 e. The largest absolute Gasteiger partial charge is 0.472 e. The monoisotopic (exact) mass is 1490 g/mol. The SMILES string of the molecule is CCCCCCCCCCCCCCCCCCCCCCCCC(=O)O[C@H](COC(=O)CCCCCCCCCCCCCCCCCCC(C)C)COP(=O)(O)OC[C@@H](O)COP(=O)(O)OC[C@@H](COC(=O)CCCCCCCCCCC)OC(=O)CCCCCCCCCCCCCC. The van der Waals surface area contributed by atoms with E-state index in [1.165, 1.54) is 270 Å². The molecule has 0 saturated heterocycles. The number of rotatable bonds is 83. The third kappa shape index (κ3) is 76.3. The van der Waals surface area contributed by atoms with Crippen LogP contribution < -0.4 is 0 Å². The third-order valence-corrected chi connectivity index (χ3v) is 21.4. The van der Waals surface area contributed by atoms with Crippen LogP contribution in [-0.4, -0.2) is 96.7 Å². The van der Waals surface area contributed by atoms with Crippen LogP contribution in [0.1, 0.15) is 446 Å². The minimum atomic E-state index is -4.96. The van der Waals surface area contributed by atoms with Gasteiger partial charge in [0.1, 0.15) is 19.3 Å². The summed E-state index contributed by atoms with van der Waals surface area (Å²) in [5.41, 5.74) is 0. The summed E-state index contributed by atoms with van der Waals surface area (Å²) < 4.78 is 68.7. The Kier molecular flexibility index (Phi) is 74.4. The molecular formula is C83H162O17P2. The van der Waals surface area contributed by atoms with Crippen LogP contribution in [0.5, 0.6) is 0 Å². The molecule has 0 aromatic heterocycles. The summed E-state index contributed by atoms with van der Waals surface area (Å²) in [6.07, 6.45) is 68.1. The summed E-state index contributed by atoms with van der Waals surface area (Å²) in [5.74, 6) is -1.29. The minimum absolute atomic E-state index is 0.108. The highest BCUT2D eigenvalue weighted by molar-refractivity contribution is 7.47. The van der Waals surface area contributed by atoms with Crippen LogP contribution in [-0.2, 0) is 65.4 Å². The first-order chi connectivity index (χ1) is 49.5. The molecule has 2 unspecified atom stereocenters.